The van der Waals surface area contributed by atoms with Crippen molar-refractivity contribution in [2.24, 2.45) is 0 Å². The lowest BCUT2D eigenvalue weighted by molar-refractivity contribution is 0.0535. The van der Waals surface area contributed by atoms with Gasteiger partial charge in [-0.15, -0.1) is 0 Å². The molecule has 1 aromatic carbocycles. The van der Waals surface area contributed by atoms with Crippen molar-refractivity contribution in [2.75, 3.05) is 13.7 Å². The highest BCUT2D eigenvalue weighted by Gasteiger charge is 2.14. The molecule has 102 valence electrons. The molecule has 0 saturated heterocycles. The molecule has 1 amide bonds. The van der Waals surface area contributed by atoms with Gasteiger partial charge in [0.25, 0.3) is 0 Å². The number of hydrogen-bond donors (Lipinski definition) is 1. The zero-order valence-electron chi connectivity index (χ0n) is 11.7. The molecule has 0 saturated carbocycles. The van der Waals surface area contributed by atoms with Gasteiger partial charge in [-0.25, -0.2) is 4.79 Å². The SMILES string of the molecule is COc1ccc(C#CCNC(=O)OC(C)(C)C)cc1. The van der Waals surface area contributed by atoms with E-state index in [9.17, 15) is 4.79 Å². The first-order chi connectivity index (χ1) is 8.90. The smallest absolute Gasteiger partial charge is 0.408 e. The first-order valence-corrected chi connectivity index (χ1v) is 6.00. The van der Waals surface area contributed by atoms with Crippen LogP contribution in [0.4, 0.5) is 4.79 Å². The quantitative estimate of drug-likeness (QED) is 0.832. The lowest BCUT2D eigenvalue weighted by Gasteiger charge is -2.18. The van der Waals surface area contributed by atoms with Crippen molar-refractivity contribution < 1.29 is 14.3 Å². The Kier molecular flexibility index (Phi) is 5.25. The van der Waals surface area contributed by atoms with Gasteiger partial charge in [0.15, 0.2) is 0 Å². The van der Waals surface area contributed by atoms with Crippen molar-refractivity contribution in [1.82, 2.24) is 5.32 Å². The first kappa shape index (κ1) is 14.9. The molecule has 0 atom stereocenters. The number of carbonyl (C=O) groups excluding carboxylic acids is 1. The minimum absolute atomic E-state index is 0.251. The Morgan fingerprint density at radius 1 is 1.26 bits per heavy atom. The molecule has 0 fully saturated rings. The van der Waals surface area contributed by atoms with Crippen LogP contribution in [0.1, 0.15) is 26.3 Å². The van der Waals surface area contributed by atoms with Crippen molar-refractivity contribution in [3.05, 3.63) is 29.8 Å². The Balaban J connectivity index is 2.40. The predicted molar refractivity (Wildman–Crippen MR) is 74.1 cm³/mol. The maximum absolute atomic E-state index is 11.3. The second-order valence-electron chi connectivity index (χ2n) is 4.89. The molecule has 0 unspecified atom stereocenters. The molecule has 4 heteroatoms. The van der Waals surface area contributed by atoms with E-state index in [1.165, 1.54) is 0 Å². The Labute approximate surface area is 114 Å². The van der Waals surface area contributed by atoms with E-state index in [1.54, 1.807) is 7.11 Å². The van der Waals surface area contributed by atoms with Crippen LogP contribution in [-0.4, -0.2) is 25.3 Å². The lowest BCUT2D eigenvalue weighted by Crippen LogP contribution is -2.32. The molecule has 1 rings (SSSR count). The van der Waals surface area contributed by atoms with Crippen molar-refractivity contribution in [1.29, 1.82) is 0 Å². The minimum atomic E-state index is -0.493. The molecule has 0 aliphatic carbocycles. The van der Waals surface area contributed by atoms with Gasteiger partial charge in [0.2, 0.25) is 0 Å². The minimum Gasteiger partial charge on any atom is -0.497 e. The summed E-state index contributed by atoms with van der Waals surface area (Å²) in [5.74, 6) is 6.58. The monoisotopic (exact) mass is 261 g/mol. The Morgan fingerprint density at radius 3 is 2.42 bits per heavy atom. The molecule has 4 nitrogen and oxygen atoms in total. The van der Waals surface area contributed by atoms with E-state index in [1.807, 2.05) is 45.0 Å². The van der Waals surface area contributed by atoms with Gasteiger partial charge in [0.05, 0.1) is 13.7 Å². The van der Waals surface area contributed by atoms with Crippen LogP contribution in [0.3, 0.4) is 0 Å². The van der Waals surface area contributed by atoms with Crippen molar-refractivity contribution in [3.63, 3.8) is 0 Å². The molecule has 0 aliphatic heterocycles. The summed E-state index contributed by atoms with van der Waals surface area (Å²) in [5, 5.41) is 2.57. The second kappa shape index (κ2) is 6.69. The van der Waals surface area contributed by atoms with Crippen LogP contribution < -0.4 is 10.1 Å². The van der Waals surface area contributed by atoms with E-state index < -0.39 is 11.7 Å². The van der Waals surface area contributed by atoms with Crippen LogP contribution in [0.2, 0.25) is 0 Å². The van der Waals surface area contributed by atoms with Crippen molar-refractivity contribution in [3.8, 4) is 17.6 Å². The van der Waals surface area contributed by atoms with Crippen LogP contribution in [0.25, 0.3) is 0 Å². The van der Waals surface area contributed by atoms with Crippen LogP contribution in [0, 0.1) is 11.8 Å². The number of benzene rings is 1. The Morgan fingerprint density at radius 2 is 1.89 bits per heavy atom. The van der Waals surface area contributed by atoms with Crippen molar-refractivity contribution in [2.45, 2.75) is 26.4 Å². The van der Waals surface area contributed by atoms with Crippen molar-refractivity contribution >= 4 is 6.09 Å². The average Bonchev–Trinajstić information content (AvgIpc) is 2.33. The van der Waals surface area contributed by atoms with Crippen LogP contribution in [0.5, 0.6) is 5.75 Å². The van der Waals surface area contributed by atoms with E-state index in [-0.39, 0.29) is 6.54 Å². The molecule has 0 bridgehead atoms. The summed E-state index contributed by atoms with van der Waals surface area (Å²) in [5.41, 5.74) is 0.375. The molecule has 1 aromatic rings. The Bertz CT molecular complexity index is 475. The molecule has 0 aliphatic rings. The summed E-state index contributed by atoms with van der Waals surface area (Å²) in [6.07, 6.45) is -0.462. The zero-order valence-corrected chi connectivity index (χ0v) is 11.7. The van der Waals surface area contributed by atoms with Gasteiger partial charge < -0.3 is 14.8 Å². The van der Waals surface area contributed by atoms with Crippen LogP contribution >= 0.6 is 0 Å². The topological polar surface area (TPSA) is 47.6 Å². The summed E-state index contributed by atoms with van der Waals surface area (Å²) in [6, 6.07) is 7.40. The predicted octanol–water partition coefficient (Wildman–Crippen LogP) is 2.57. The number of hydrogen-bond acceptors (Lipinski definition) is 3. The summed E-state index contributed by atoms with van der Waals surface area (Å²) in [7, 11) is 1.62. The van der Waals surface area contributed by atoms with E-state index in [4.69, 9.17) is 9.47 Å². The van der Waals surface area contributed by atoms with E-state index in [2.05, 4.69) is 17.2 Å². The summed E-state index contributed by atoms with van der Waals surface area (Å²) in [4.78, 5) is 11.3. The van der Waals surface area contributed by atoms with E-state index in [0.717, 1.165) is 11.3 Å². The number of carbonyl (C=O) groups is 1. The molecular formula is C15H19NO3. The third-order valence-electron chi connectivity index (χ3n) is 2.04. The zero-order chi connectivity index (χ0) is 14.3. The van der Waals surface area contributed by atoms with Gasteiger partial charge in [0.1, 0.15) is 11.4 Å². The van der Waals surface area contributed by atoms with E-state index >= 15 is 0 Å². The number of rotatable bonds is 2. The largest absolute Gasteiger partial charge is 0.497 e. The van der Waals surface area contributed by atoms with Crippen LogP contribution in [-0.2, 0) is 4.74 Å². The van der Waals surface area contributed by atoms with E-state index in [0.29, 0.717) is 0 Å². The standard InChI is InChI=1S/C15H19NO3/c1-15(2,3)19-14(17)16-11-5-6-12-7-9-13(18-4)10-8-12/h7-10H,11H2,1-4H3,(H,16,17). The molecule has 0 spiro atoms. The highest BCUT2D eigenvalue weighted by molar-refractivity contribution is 5.68. The highest BCUT2D eigenvalue weighted by Crippen LogP contribution is 2.10. The molecule has 0 heterocycles. The number of alkyl carbamates (subject to hydrolysis) is 1. The molecule has 0 radical (unpaired) electrons. The summed E-state index contributed by atoms with van der Waals surface area (Å²) in [6.45, 7) is 5.70. The number of ether oxygens (including phenoxy) is 2. The Hall–Kier alpha value is -2.15. The number of amides is 1. The molecule has 19 heavy (non-hydrogen) atoms. The lowest BCUT2D eigenvalue weighted by atomic mass is 10.2. The van der Waals surface area contributed by atoms with Gasteiger partial charge in [-0.1, -0.05) is 11.8 Å². The maximum atomic E-state index is 11.3. The fourth-order valence-electron chi connectivity index (χ4n) is 1.25. The third-order valence-corrected chi connectivity index (χ3v) is 2.04. The molecular weight excluding hydrogens is 242 g/mol. The molecule has 0 aromatic heterocycles. The fourth-order valence-corrected chi connectivity index (χ4v) is 1.25. The normalized spacial score (nSPS) is 10.1. The second-order valence-corrected chi connectivity index (χ2v) is 4.89. The molecule has 1 N–H and O–H groups in total. The fraction of sp³-hybridized carbons (Fsp3) is 0.400. The number of nitrogens with one attached hydrogen (secondary N) is 1. The van der Waals surface area contributed by atoms with Gasteiger partial charge >= 0.3 is 6.09 Å². The van der Waals surface area contributed by atoms with Crippen LogP contribution in [0.15, 0.2) is 24.3 Å². The summed E-state index contributed by atoms with van der Waals surface area (Å²) >= 11 is 0. The van der Waals surface area contributed by atoms with Gasteiger partial charge in [0, 0.05) is 5.56 Å². The van der Waals surface area contributed by atoms with Gasteiger partial charge in [-0.05, 0) is 45.0 Å². The summed E-state index contributed by atoms with van der Waals surface area (Å²) < 4.78 is 10.1. The maximum Gasteiger partial charge on any atom is 0.408 e. The number of methoxy groups -OCH3 is 1. The first-order valence-electron chi connectivity index (χ1n) is 6.00. The average molecular weight is 261 g/mol. The third kappa shape index (κ3) is 6.37. The van der Waals surface area contributed by atoms with Gasteiger partial charge in [-0.2, -0.15) is 0 Å². The highest BCUT2D eigenvalue weighted by atomic mass is 16.6. The van der Waals surface area contributed by atoms with Gasteiger partial charge in [-0.3, -0.25) is 0 Å².